The number of hydrogen-bond acceptors (Lipinski definition) is 4. The van der Waals surface area contributed by atoms with Gasteiger partial charge >= 0.3 is 17.8 Å². The predicted molar refractivity (Wildman–Crippen MR) is 92.2 cm³/mol. The van der Waals surface area contributed by atoms with E-state index in [1.807, 2.05) is 27.7 Å². The van der Waals surface area contributed by atoms with Crippen LogP contribution in [0.4, 0.5) is 0 Å². The molecule has 0 bridgehead atoms. The second kappa shape index (κ2) is 9.64. The summed E-state index contributed by atoms with van der Waals surface area (Å²) in [6.45, 7) is 12.2. The molecule has 1 aliphatic heterocycles. The summed E-state index contributed by atoms with van der Waals surface area (Å²) in [6.07, 6.45) is 1.43. The van der Waals surface area contributed by atoms with E-state index in [0.29, 0.717) is 44.5 Å². The Balaban J connectivity index is 2.74. The van der Waals surface area contributed by atoms with Crippen LogP contribution >= 0.6 is 0 Å². The zero-order valence-corrected chi connectivity index (χ0v) is 15.7. The minimum absolute atomic E-state index is 0.274. The maximum absolute atomic E-state index is 12.6. The number of rotatable bonds is 6. The number of nitrogens with zero attached hydrogens (tertiary/aromatic N) is 2. The van der Waals surface area contributed by atoms with Crippen LogP contribution in [0.3, 0.4) is 0 Å². The maximum Gasteiger partial charge on any atom is 0.312 e. The van der Waals surface area contributed by atoms with Crippen molar-refractivity contribution in [2.75, 3.05) is 32.8 Å². The lowest BCUT2D eigenvalue weighted by Gasteiger charge is -2.33. The van der Waals surface area contributed by atoms with Gasteiger partial charge in [0.2, 0.25) is 0 Å². The molecule has 0 aromatic carbocycles. The minimum Gasteiger partial charge on any atom is -0.466 e. The molecule has 0 aliphatic carbocycles. The van der Waals surface area contributed by atoms with Crippen molar-refractivity contribution in [3.05, 3.63) is 0 Å². The summed E-state index contributed by atoms with van der Waals surface area (Å²) < 4.78 is 5.05. The van der Waals surface area contributed by atoms with Crippen molar-refractivity contribution in [1.29, 1.82) is 0 Å². The summed E-state index contributed by atoms with van der Waals surface area (Å²) in [5.41, 5.74) is 0. The second-order valence-electron chi connectivity index (χ2n) is 7.34. The number of carbonyl (C=O) groups excluding carboxylic acids is 3. The van der Waals surface area contributed by atoms with Crippen LogP contribution in [0.15, 0.2) is 0 Å². The molecule has 1 aliphatic rings. The Hall–Kier alpha value is -1.59. The van der Waals surface area contributed by atoms with Gasteiger partial charge in [-0.1, -0.05) is 27.7 Å². The van der Waals surface area contributed by atoms with Gasteiger partial charge in [0.25, 0.3) is 0 Å². The van der Waals surface area contributed by atoms with Crippen LogP contribution in [0.2, 0.25) is 0 Å². The first-order chi connectivity index (χ1) is 11.3. The fourth-order valence-electron chi connectivity index (χ4n) is 3.01. The van der Waals surface area contributed by atoms with Gasteiger partial charge in [-0.25, -0.2) is 0 Å². The van der Waals surface area contributed by atoms with Gasteiger partial charge in [0, 0.05) is 26.2 Å². The maximum atomic E-state index is 12.6. The second-order valence-corrected chi connectivity index (χ2v) is 7.34. The van der Waals surface area contributed by atoms with Crippen LogP contribution in [-0.2, 0) is 19.1 Å². The van der Waals surface area contributed by atoms with E-state index in [1.54, 1.807) is 11.8 Å². The molecule has 1 unspecified atom stereocenters. The number of amides is 2. The van der Waals surface area contributed by atoms with Crippen molar-refractivity contribution in [2.45, 2.75) is 47.5 Å². The van der Waals surface area contributed by atoms with Gasteiger partial charge in [0.05, 0.1) is 12.5 Å². The topological polar surface area (TPSA) is 66.9 Å². The minimum atomic E-state index is -0.495. The molecule has 0 radical (unpaired) electrons. The van der Waals surface area contributed by atoms with E-state index in [9.17, 15) is 14.4 Å². The zero-order valence-electron chi connectivity index (χ0n) is 15.7. The lowest BCUT2D eigenvalue weighted by molar-refractivity contribution is -0.157. The van der Waals surface area contributed by atoms with Crippen molar-refractivity contribution in [3.63, 3.8) is 0 Å². The van der Waals surface area contributed by atoms with E-state index in [1.165, 1.54) is 4.90 Å². The molecule has 0 N–H and O–H groups in total. The molecule has 2 amide bonds. The van der Waals surface area contributed by atoms with Crippen molar-refractivity contribution < 1.29 is 19.1 Å². The first-order valence-electron chi connectivity index (χ1n) is 9.01. The van der Waals surface area contributed by atoms with Gasteiger partial charge in [-0.05, 0) is 31.6 Å². The number of carbonyl (C=O) groups is 3. The Morgan fingerprint density at radius 1 is 1.12 bits per heavy atom. The average Bonchev–Trinajstić information content (AvgIpc) is 2.52. The van der Waals surface area contributed by atoms with Crippen molar-refractivity contribution in [2.24, 2.45) is 17.8 Å². The summed E-state index contributed by atoms with van der Waals surface area (Å²) >= 11 is 0. The largest absolute Gasteiger partial charge is 0.466 e. The normalized spacial score (nSPS) is 18.0. The number of ether oxygens (including phenoxy) is 1. The predicted octanol–water partition coefficient (Wildman–Crippen LogP) is 1.93. The zero-order chi connectivity index (χ0) is 18.3. The highest BCUT2D eigenvalue weighted by Gasteiger charge is 2.34. The summed E-state index contributed by atoms with van der Waals surface area (Å²) in [5.74, 6) is -0.946. The third-order valence-electron chi connectivity index (χ3n) is 3.97. The van der Waals surface area contributed by atoms with Crippen LogP contribution in [0, 0.1) is 17.8 Å². The summed E-state index contributed by atoms with van der Waals surface area (Å²) in [6, 6.07) is 0. The van der Waals surface area contributed by atoms with Crippen LogP contribution < -0.4 is 0 Å². The molecular weight excluding hydrogens is 308 g/mol. The van der Waals surface area contributed by atoms with Gasteiger partial charge in [0.15, 0.2) is 0 Å². The first-order valence-corrected chi connectivity index (χ1v) is 9.01. The lowest BCUT2D eigenvalue weighted by Crippen LogP contribution is -2.51. The molecule has 0 spiro atoms. The van der Waals surface area contributed by atoms with E-state index in [0.717, 1.165) is 6.42 Å². The highest BCUT2D eigenvalue weighted by molar-refractivity contribution is 6.34. The molecule has 1 fully saturated rings. The van der Waals surface area contributed by atoms with E-state index in [-0.39, 0.29) is 18.4 Å². The Kier molecular flexibility index (Phi) is 8.22. The SMILES string of the molecule is CCOC(=O)C1CCCN(C(=O)C(=O)N(CC(C)C)CC(C)C)C1. The molecule has 0 aromatic heterocycles. The molecule has 1 saturated heterocycles. The van der Waals surface area contributed by atoms with E-state index in [2.05, 4.69) is 0 Å². The van der Waals surface area contributed by atoms with Crippen molar-refractivity contribution in [3.8, 4) is 0 Å². The van der Waals surface area contributed by atoms with E-state index < -0.39 is 11.8 Å². The fraction of sp³-hybridized carbons (Fsp3) is 0.833. The summed E-state index contributed by atoms with van der Waals surface area (Å²) in [7, 11) is 0. The molecule has 138 valence electrons. The number of piperidine rings is 1. The Bertz CT molecular complexity index is 438. The molecule has 1 atom stereocenters. The first kappa shape index (κ1) is 20.5. The molecule has 1 rings (SSSR count). The van der Waals surface area contributed by atoms with Gasteiger partial charge in [-0.3, -0.25) is 14.4 Å². The molecule has 24 heavy (non-hydrogen) atoms. The van der Waals surface area contributed by atoms with Crippen LogP contribution in [-0.4, -0.2) is 60.4 Å². The fourth-order valence-corrected chi connectivity index (χ4v) is 3.01. The third kappa shape index (κ3) is 6.13. The number of esters is 1. The molecule has 1 heterocycles. The van der Waals surface area contributed by atoms with Crippen LogP contribution in [0.1, 0.15) is 47.5 Å². The van der Waals surface area contributed by atoms with Gasteiger partial charge < -0.3 is 14.5 Å². The molecule has 6 nitrogen and oxygen atoms in total. The van der Waals surface area contributed by atoms with Crippen LogP contribution in [0.5, 0.6) is 0 Å². The number of likely N-dealkylation sites (tertiary alicyclic amines) is 1. The van der Waals surface area contributed by atoms with Crippen molar-refractivity contribution >= 4 is 17.8 Å². The quantitative estimate of drug-likeness (QED) is 0.547. The van der Waals surface area contributed by atoms with Gasteiger partial charge in [-0.15, -0.1) is 0 Å². The summed E-state index contributed by atoms with van der Waals surface area (Å²) in [5, 5.41) is 0. The highest BCUT2D eigenvalue weighted by atomic mass is 16.5. The molecule has 0 saturated carbocycles. The Morgan fingerprint density at radius 2 is 1.71 bits per heavy atom. The Morgan fingerprint density at radius 3 is 2.21 bits per heavy atom. The summed E-state index contributed by atoms with van der Waals surface area (Å²) in [4.78, 5) is 40.3. The molecular formula is C18H32N2O4. The smallest absolute Gasteiger partial charge is 0.312 e. The highest BCUT2D eigenvalue weighted by Crippen LogP contribution is 2.19. The molecule has 6 heteroatoms. The van der Waals surface area contributed by atoms with Gasteiger partial charge in [0.1, 0.15) is 0 Å². The standard InChI is InChI=1S/C18H32N2O4/c1-6-24-18(23)15-8-7-9-19(12-15)16(21)17(22)20(10-13(2)3)11-14(4)5/h13-15H,6-12H2,1-5H3. The third-order valence-corrected chi connectivity index (χ3v) is 3.97. The van der Waals surface area contributed by atoms with Crippen molar-refractivity contribution in [1.82, 2.24) is 9.80 Å². The molecule has 0 aromatic rings. The monoisotopic (exact) mass is 340 g/mol. The Labute approximate surface area is 145 Å². The average molecular weight is 340 g/mol. The van der Waals surface area contributed by atoms with Crippen LogP contribution in [0.25, 0.3) is 0 Å². The van der Waals surface area contributed by atoms with Gasteiger partial charge in [-0.2, -0.15) is 0 Å². The number of hydrogen-bond donors (Lipinski definition) is 0. The van der Waals surface area contributed by atoms with E-state index in [4.69, 9.17) is 4.74 Å². The van der Waals surface area contributed by atoms with E-state index >= 15 is 0 Å². The lowest BCUT2D eigenvalue weighted by atomic mass is 9.98.